The molecule has 0 fully saturated rings. The summed E-state index contributed by atoms with van der Waals surface area (Å²) in [6.45, 7) is 6.79. The van der Waals surface area contributed by atoms with E-state index in [1.807, 2.05) is 5.43 Å². The second-order valence-corrected chi connectivity index (χ2v) is 7.54. The van der Waals surface area contributed by atoms with Gasteiger partial charge in [0.2, 0.25) is 0 Å². The Morgan fingerprint density at radius 2 is 1.77 bits per heavy atom. The van der Waals surface area contributed by atoms with Gasteiger partial charge in [-0.2, -0.15) is 0 Å². The number of hydrazine groups is 1. The molecule has 30 heavy (non-hydrogen) atoms. The number of carbonyl (C=O) groups excluding carboxylic acids is 3. The first-order chi connectivity index (χ1) is 14.0. The van der Waals surface area contributed by atoms with Gasteiger partial charge in [-0.25, -0.2) is 5.84 Å². The predicted octanol–water partition coefficient (Wildman–Crippen LogP) is 2.78. The molecule has 0 saturated carbocycles. The number of ether oxygens (including phenoxy) is 1. The molecule has 0 unspecified atom stereocenters. The van der Waals surface area contributed by atoms with Crippen LogP contribution in [0.4, 0.5) is 5.69 Å². The number of nitrogens with two attached hydrogens (primary N) is 1. The van der Waals surface area contributed by atoms with E-state index in [-0.39, 0.29) is 33.2 Å². The molecule has 1 atom stereocenters. The zero-order valence-electron chi connectivity index (χ0n) is 16.9. The lowest BCUT2D eigenvalue weighted by molar-refractivity contribution is -0.122. The minimum Gasteiger partial charge on any atom is -0.489 e. The number of rotatable bonds is 7. The molecule has 1 heterocycles. The molecule has 0 aliphatic rings. The molecule has 162 valence electrons. The summed E-state index contributed by atoms with van der Waals surface area (Å²) < 4.78 is 5.74. The van der Waals surface area contributed by atoms with Gasteiger partial charge in [0.1, 0.15) is 17.5 Å². The molecule has 9 nitrogen and oxygen atoms in total. The second-order valence-electron chi connectivity index (χ2n) is 6.79. The molecule has 0 aliphatic carbocycles. The first-order valence-electron chi connectivity index (χ1n) is 9.02. The van der Waals surface area contributed by atoms with Crippen LogP contribution in [0.5, 0.6) is 5.75 Å². The van der Waals surface area contributed by atoms with Gasteiger partial charge in [0.15, 0.2) is 0 Å². The number of aromatic nitrogens is 1. The molecule has 0 spiro atoms. The van der Waals surface area contributed by atoms with Crippen LogP contribution in [0.1, 0.15) is 47.3 Å². The lowest BCUT2D eigenvalue weighted by Crippen LogP contribution is -2.47. The van der Waals surface area contributed by atoms with Gasteiger partial charge < -0.3 is 20.4 Å². The first-order valence-corrected chi connectivity index (χ1v) is 9.77. The van der Waals surface area contributed by atoms with Gasteiger partial charge in [-0.3, -0.25) is 19.8 Å². The summed E-state index contributed by atoms with van der Waals surface area (Å²) in [6, 6.07) is 3.63. The monoisotopic (exact) mass is 455 g/mol. The average Bonchev–Trinajstić information content (AvgIpc) is 2.95. The zero-order chi connectivity index (χ0) is 22.6. The summed E-state index contributed by atoms with van der Waals surface area (Å²) in [5.41, 5.74) is 3.20. The van der Waals surface area contributed by atoms with Gasteiger partial charge in [-0.05, 0) is 45.9 Å². The lowest BCUT2D eigenvalue weighted by atomic mass is 10.1. The third-order valence-corrected chi connectivity index (χ3v) is 4.97. The SMILES string of the molecule is Cc1[nH]c(C(=O)Nc2ccc(C(=O)N[C@H](C)C(=O)NN)cc2OC(C)C)c(Cl)c1Cl. The maximum Gasteiger partial charge on any atom is 0.273 e. The van der Waals surface area contributed by atoms with Gasteiger partial charge in [0.05, 0.1) is 21.8 Å². The molecule has 0 radical (unpaired) electrons. The van der Waals surface area contributed by atoms with Crippen LogP contribution in [-0.2, 0) is 4.79 Å². The highest BCUT2D eigenvalue weighted by Gasteiger charge is 2.21. The first kappa shape index (κ1) is 23.5. The summed E-state index contributed by atoms with van der Waals surface area (Å²) in [6.07, 6.45) is -0.230. The van der Waals surface area contributed by atoms with Crippen molar-refractivity contribution in [2.45, 2.75) is 39.8 Å². The summed E-state index contributed by atoms with van der Waals surface area (Å²) in [5, 5.41) is 5.60. The molecule has 3 amide bonds. The summed E-state index contributed by atoms with van der Waals surface area (Å²) in [4.78, 5) is 39.4. The van der Waals surface area contributed by atoms with Crippen molar-refractivity contribution in [3.63, 3.8) is 0 Å². The van der Waals surface area contributed by atoms with Crippen molar-refractivity contribution in [1.82, 2.24) is 15.7 Å². The number of anilines is 1. The molecule has 0 saturated heterocycles. The minimum atomic E-state index is -0.834. The Labute approximate surface area is 183 Å². The van der Waals surface area contributed by atoms with E-state index in [0.29, 0.717) is 11.4 Å². The number of hydrogen-bond acceptors (Lipinski definition) is 5. The Kier molecular flexibility index (Phi) is 7.71. The van der Waals surface area contributed by atoms with E-state index < -0.39 is 23.8 Å². The molecule has 1 aromatic heterocycles. The third-order valence-electron chi connectivity index (χ3n) is 4.02. The molecule has 2 rings (SSSR count). The van der Waals surface area contributed by atoms with E-state index in [1.165, 1.54) is 25.1 Å². The molecular formula is C19H23Cl2N5O4. The van der Waals surface area contributed by atoms with Gasteiger partial charge in [-0.15, -0.1) is 0 Å². The van der Waals surface area contributed by atoms with E-state index >= 15 is 0 Å². The number of carbonyl (C=O) groups is 3. The minimum absolute atomic E-state index is 0.109. The van der Waals surface area contributed by atoms with Crippen LogP contribution in [0.2, 0.25) is 10.0 Å². The Balaban J connectivity index is 2.29. The largest absolute Gasteiger partial charge is 0.489 e. The number of aromatic amines is 1. The standard InChI is InChI=1S/C19H23Cl2N5O4/c1-8(2)30-13-7-11(18(28)24-10(4)17(27)26-22)5-6-12(13)25-19(29)16-15(21)14(20)9(3)23-16/h5-8,10,23H,22H2,1-4H3,(H,24,28)(H,25,29)(H,26,27)/t10-/m1/s1. The zero-order valence-corrected chi connectivity index (χ0v) is 18.4. The van der Waals surface area contributed by atoms with E-state index in [9.17, 15) is 14.4 Å². The average molecular weight is 456 g/mol. The molecular weight excluding hydrogens is 433 g/mol. The highest BCUT2D eigenvalue weighted by molar-refractivity contribution is 6.44. The highest BCUT2D eigenvalue weighted by Crippen LogP contribution is 2.31. The molecule has 2 aromatic rings. The van der Waals surface area contributed by atoms with E-state index in [4.69, 9.17) is 33.8 Å². The van der Waals surface area contributed by atoms with Crippen molar-refractivity contribution in [3.8, 4) is 5.75 Å². The number of H-pyrrole nitrogens is 1. The summed E-state index contributed by atoms with van der Waals surface area (Å²) in [5.74, 6) is 3.78. The van der Waals surface area contributed by atoms with E-state index in [2.05, 4.69) is 15.6 Å². The van der Waals surface area contributed by atoms with Crippen molar-refractivity contribution in [2.24, 2.45) is 5.84 Å². The lowest BCUT2D eigenvalue weighted by Gasteiger charge is -2.17. The van der Waals surface area contributed by atoms with E-state index in [1.54, 1.807) is 20.8 Å². The highest BCUT2D eigenvalue weighted by atomic mass is 35.5. The molecule has 6 N–H and O–H groups in total. The molecule has 0 bridgehead atoms. The maximum absolute atomic E-state index is 12.6. The number of halogens is 2. The quantitative estimate of drug-likeness (QED) is 0.248. The fraction of sp³-hybridized carbons (Fsp3) is 0.316. The van der Waals surface area contributed by atoms with Crippen molar-refractivity contribution in [3.05, 3.63) is 45.2 Å². The number of hydrogen-bond donors (Lipinski definition) is 5. The van der Waals surface area contributed by atoms with Crippen LogP contribution < -0.4 is 26.6 Å². The van der Waals surface area contributed by atoms with Crippen LogP contribution in [0.3, 0.4) is 0 Å². The molecule has 11 heteroatoms. The van der Waals surface area contributed by atoms with Crippen LogP contribution in [-0.4, -0.2) is 34.9 Å². The number of amides is 3. The number of aryl methyl sites for hydroxylation is 1. The van der Waals surface area contributed by atoms with Crippen LogP contribution in [0.25, 0.3) is 0 Å². The smallest absolute Gasteiger partial charge is 0.273 e. The Bertz CT molecular complexity index is 974. The Hall–Kier alpha value is -2.75. The topological polar surface area (TPSA) is 138 Å². The fourth-order valence-corrected chi connectivity index (χ4v) is 2.92. The van der Waals surface area contributed by atoms with Gasteiger partial charge in [-0.1, -0.05) is 23.2 Å². The summed E-state index contributed by atoms with van der Waals surface area (Å²) >= 11 is 12.1. The number of nitrogens with one attached hydrogen (secondary N) is 4. The van der Waals surface area contributed by atoms with Crippen LogP contribution in [0, 0.1) is 6.92 Å². The normalized spacial score (nSPS) is 11.7. The second kappa shape index (κ2) is 9.84. The van der Waals surface area contributed by atoms with E-state index in [0.717, 1.165) is 0 Å². The van der Waals surface area contributed by atoms with Crippen molar-refractivity contribution in [2.75, 3.05) is 5.32 Å². The third kappa shape index (κ3) is 5.44. The maximum atomic E-state index is 12.6. The Morgan fingerprint density at radius 1 is 1.10 bits per heavy atom. The van der Waals surface area contributed by atoms with Crippen LogP contribution >= 0.6 is 23.2 Å². The van der Waals surface area contributed by atoms with Crippen LogP contribution in [0.15, 0.2) is 18.2 Å². The fourth-order valence-electron chi connectivity index (χ4n) is 2.50. The van der Waals surface area contributed by atoms with Gasteiger partial charge in [0.25, 0.3) is 17.7 Å². The predicted molar refractivity (Wildman–Crippen MR) is 115 cm³/mol. The number of benzene rings is 1. The van der Waals surface area contributed by atoms with Gasteiger partial charge in [0, 0.05) is 11.3 Å². The van der Waals surface area contributed by atoms with Crippen molar-refractivity contribution >= 4 is 46.6 Å². The molecule has 1 aromatic carbocycles. The molecule has 0 aliphatic heterocycles. The van der Waals surface area contributed by atoms with Crippen molar-refractivity contribution < 1.29 is 19.1 Å². The Morgan fingerprint density at radius 3 is 2.30 bits per heavy atom. The summed E-state index contributed by atoms with van der Waals surface area (Å²) in [7, 11) is 0. The van der Waals surface area contributed by atoms with Crippen molar-refractivity contribution in [1.29, 1.82) is 0 Å². The van der Waals surface area contributed by atoms with Gasteiger partial charge >= 0.3 is 0 Å².